The molecule has 4 rings (SSSR count). The predicted molar refractivity (Wildman–Crippen MR) is 92.2 cm³/mol. The van der Waals surface area contributed by atoms with Crippen LogP contribution in [-0.4, -0.2) is 18.6 Å². The van der Waals surface area contributed by atoms with Gasteiger partial charge >= 0.3 is 5.97 Å². The van der Waals surface area contributed by atoms with Crippen LogP contribution in [0.4, 0.5) is 5.69 Å². The monoisotopic (exact) mass is 317 g/mol. The number of hydrogen-bond donors (Lipinski definition) is 0. The molecule has 118 valence electrons. The summed E-state index contributed by atoms with van der Waals surface area (Å²) in [5.41, 5.74) is 2.98. The lowest BCUT2D eigenvalue weighted by molar-refractivity contribution is 0.0500. The van der Waals surface area contributed by atoms with Crippen molar-refractivity contribution >= 4 is 28.3 Å². The smallest absolute Gasteiger partial charge is 0.339 e. The third kappa shape index (κ3) is 2.24. The highest BCUT2D eigenvalue weighted by Gasteiger charge is 2.30. The molecule has 4 heteroatoms. The van der Waals surface area contributed by atoms with Gasteiger partial charge in [0.15, 0.2) is 6.73 Å². The number of carbonyl (C=O) groups is 2. The minimum absolute atomic E-state index is 0.0979. The maximum Gasteiger partial charge on any atom is 0.339 e. The zero-order valence-electron chi connectivity index (χ0n) is 13.2. The van der Waals surface area contributed by atoms with Gasteiger partial charge in [0.25, 0.3) is 5.91 Å². The Morgan fingerprint density at radius 3 is 2.46 bits per heavy atom. The minimum Gasteiger partial charge on any atom is -0.440 e. The standard InChI is InChI=1S/C20H15NO3/c1-13-8-10-15(11-9-13)20(23)24-12-21-17-7-3-5-14-4-2-6-16(18(14)17)19(21)22/h2-11H,12H2,1H3. The van der Waals surface area contributed by atoms with Gasteiger partial charge in [-0.15, -0.1) is 0 Å². The van der Waals surface area contributed by atoms with Crippen molar-refractivity contribution in [1.29, 1.82) is 0 Å². The van der Waals surface area contributed by atoms with Crippen LogP contribution < -0.4 is 4.90 Å². The first-order chi connectivity index (χ1) is 11.6. The van der Waals surface area contributed by atoms with Crippen LogP contribution in [-0.2, 0) is 4.74 Å². The second kappa shape index (κ2) is 5.49. The number of hydrogen-bond acceptors (Lipinski definition) is 3. The molecule has 0 aromatic heterocycles. The van der Waals surface area contributed by atoms with Crippen molar-refractivity contribution in [2.75, 3.05) is 11.6 Å². The van der Waals surface area contributed by atoms with Crippen LogP contribution in [0.3, 0.4) is 0 Å². The fraction of sp³-hybridized carbons (Fsp3) is 0.100. The van der Waals surface area contributed by atoms with Gasteiger partial charge in [-0.2, -0.15) is 0 Å². The molecule has 3 aromatic carbocycles. The fourth-order valence-electron chi connectivity index (χ4n) is 3.00. The molecule has 0 atom stereocenters. The van der Waals surface area contributed by atoms with Gasteiger partial charge in [0.05, 0.1) is 11.3 Å². The third-order valence-electron chi connectivity index (χ3n) is 4.26. The first kappa shape index (κ1) is 14.5. The Morgan fingerprint density at radius 2 is 1.71 bits per heavy atom. The summed E-state index contributed by atoms with van der Waals surface area (Å²) in [5.74, 6) is -0.579. The Balaban J connectivity index is 1.58. The summed E-state index contributed by atoms with van der Waals surface area (Å²) in [6, 6.07) is 18.5. The molecule has 0 saturated carbocycles. The lowest BCUT2D eigenvalue weighted by Gasteiger charge is -2.17. The minimum atomic E-state index is -0.439. The van der Waals surface area contributed by atoms with Gasteiger partial charge in [-0.3, -0.25) is 9.69 Å². The Labute approximate surface area is 139 Å². The molecular formula is C20H15NO3. The third-order valence-corrected chi connectivity index (χ3v) is 4.26. The molecule has 1 heterocycles. The van der Waals surface area contributed by atoms with Crippen LogP contribution in [0.2, 0.25) is 0 Å². The molecule has 0 radical (unpaired) electrons. The summed E-state index contributed by atoms with van der Waals surface area (Å²) in [7, 11) is 0. The van der Waals surface area contributed by atoms with Gasteiger partial charge in [-0.05, 0) is 36.6 Å². The molecule has 24 heavy (non-hydrogen) atoms. The lowest BCUT2D eigenvalue weighted by Crippen LogP contribution is -2.30. The first-order valence-electron chi connectivity index (χ1n) is 7.72. The molecule has 4 nitrogen and oxygen atoms in total. The molecule has 3 aromatic rings. The lowest BCUT2D eigenvalue weighted by atomic mass is 10.1. The van der Waals surface area contributed by atoms with Crippen LogP contribution in [0.5, 0.6) is 0 Å². The van der Waals surface area contributed by atoms with Crippen molar-refractivity contribution in [1.82, 2.24) is 0 Å². The second-order valence-electron chi connectivity index (χ2n) is 5.84. The van der Waals surface area contributed by atoms with E-state index in [1.165, 1.54) is 4.90 Å². The Morgan fingerprint density at radius 1 is 1.00 bits per heavy atom. The van der Waals surface area contributed by atoms with Gasteiger partial charge < -0.3 is 4.74 Å². The Kier molecular flexibility index (Phi) is 3.31. The van der Waals surface area contributed by atoms with E-state index in [9.17, 15) is 9.59 Å². The first-order valence-corrected chi connectivity index (χ1v) is 7.72. The van der Waals surface area contributed by atoms with E-state index in [0.29, 0.717) is 11.1 Å². The van der Waals surface area contributed by atoms with E-state index in [-0.39, 0.29) is 12.6 Å². The number of aryl methyl sites for hydroxylation is 1. The van der Waals surface area contributed by atoms with E-state index in [2.05, 4.69) is 0 Å². The molecule has 1 amide bonds. The number of amides is 1. The quantitative estimate of drug-likeness (QED) is 0.688. The molecule has 0 fully saturated rings. The number of anilines is 1. The van der Waals surface area contributed by atoms with Gasteiger partial charge in [0.1, 0.15) is 0 Å². The maximum atomic E-state index is 12.6. The van der Waals surface area contributed by atoms with Crippen LogP contribution in [0.1, 0.15) is 26.3 Å². The van der Waals surface area contributed by atoms with E-state index in [1.807, 2.05) is 49.4 Å². The molecular weight excluding hydrogens is 302 g/mol. The van der Waals surface area contributed by atoms with Gasteiger partial charge in [-0.25, -0.2) is 4.79 Å². The van der Waals surface area contributed by atoms with Gasteiger partial charge in [0.2, 0.25) is 0 Å². The van der Waals surface area contributed by atoms with Crippen LogP contribution >= 0.6 is 0 Å². The fourth-order valence-corrected chi connectivity index (χ4v) is 3.00. The molecule has 1 aliphatic rings. The molecule has 0 spiro atoms. The van der Waals surface area contributed by atoms with Gasteiger partial charge in [-0.1, -0.05) is 42.0 Å². The molecule has 0 aliphatic carbocycles. The van der Waals surface area contributed by atoms with Crippen LogP contribution in [0, 0.1) is 6.92 Å². The van der Waals surface area contributed by atoms with Crippen LogP contribution in [0.15, 0.2) is 60.7 Å². The van der Waals surface area contributed by atoms with Crippen LogP contribution in [0.25, 0.3) is 10.8 Å². The van der Waals surface area contributed by atoms with E-state index in [1.54, 1.807) is 18.2 Å². The number of nitrogens with zero attached hydrogens (tertiary/aromatic N) is 1. The summed E-state index contributed by atoms with van der Waals surface area (Å²) >= 11 is 0. The SMILES string of the molecule is Cc1ccc(C(=O)OCN2C(=O)c3cccc4cccc2c34)cc1. The van der Waals surface area contributed by atoms with Crippen molar-refractivity contribution < 1.29 is 14.3 Å². The van der Waals surface area contributed by atoms with Crippen molar-refractivity contribution in [3.8, 4) is 0 Å². The van der Waals surface area contributed by atoms with E-state index in [0.717, 1.165) is 22.0 Å². The predicted octanol–water partition coefficient (Wildman–Crippen LogP) is 3.92. The highest BCUT2D eigenvalue weighted by molar-refractivity contribution is 6.25. The van der Waals surface area contributed by atoms with Crippen molar-refractivity contribution in [3.63, 3.8) is 0 Å². The maximum absolute atomic E-state index is 12.6. The zero-order valence-corrected chi connectivity index (χ0v) is 13.2. The topological polar surface area (TPSA) is 46.6 Å². The summed E-state index contributed by atoms with van der Waals surface area (Å²) in [5, 5.41) is 1.92. The molecule has 0 saturated heterocycles. The van der Waals surface area contributed by atoms with E-state index in [4.69, 9.17) is 4.74 Å². The largest absolute Gasteiger partial charge is 0.440 e. The van der Waals surface area contributed by atoms with E-state index < -0.39 is 5.97 Å². The van der Waals surface area contributed by atoms with Crippen molar-refractivity contribution in [3.05, 3.63) is 77.4 Å². The molecule has 0 N–H and O–H groups in total. The number of rotatable bonds is 3. The van der Waals surface area contributed by atoms with Gasteiger partial charge in [0, 0.05) is 10.9 Å². The normalized spacial score (nSPS) is 12.7. The molecule has 0 bridgehead atoms. The van der Waals surface area contributed by atoms with Crippen molar-refractivity contribution in [2.45, 2.75) is 6.92 Å². The summed E-state index contributed by atoms with van der Waals surface area (Å²) in [6.45, 7) is 1.86. The number of esters is 1. The van der Waals surface area contributed by atoms with E-state index >= 15 is 0 Å². The van der Waals surface area contributed by atoms with Crippen molar-refractivity contribution in [2.24, 2.45) is 0 Å². The summed E-state index contributed by atoms with van der Waals surface area (Å²) < 4.78 is 5.35. The molecule has 1 aliphatic heterocycles. The average Bonchev–Trinajstić information content (AvgIpc) is 2.88. The number of ether oxygens (including phenoxy) is 1. The summed E-state index contributed by atoms with van der Waals surface area (Å²) in [6.07, 6.45) is 0. The zero-order chi connectivity index (χ0) is 16.7. The highest BCUT2D eigenvalue weighted by Crippen LogP contribution is 2.36. The number of benzene rings is 3. The summed E-state index contributed by atoms with van der Waals surface area (Å²) in [4.78, 5) is 26.3. The Hall–Kier alpha value is -3.14. The highest BCUT2D eigenvalue weighted by atomic mass is 16.5. The molecule has 0 unspecified atom stereocenters. The Bertz CT molecular complexity index is 955. The average molecular weight is 317 g/mol. The number of carbonyl (C=O) groups excluding carboxylic acids is 2. The second-order valence-corrected chi connectivity index (χ2v) is 5.84.